The topological polar surface area (TPSA) is 53.0 Å². The van der Waals surface area contributed by atoms with Crippen molar-refractivity contribution in [2.75, 3.05) is 19.6 Å². The molecule has 1 fully saturated rings. The van der Waals surface area contributed by atoms with Gasteiger partial charge in [0, 0.05) is 18.7 Å². The van der Waals surface area contributed by atoms with Crippen LogP contribution in [0, 0.1) is 29.0 Å². The van der Waals surface area contributed by atoms with Crippen LogP contribution in [0.4, 0.5) is 4.39 Å². The van der Waals surface area contributed by atoms with Gasteiger partial charge in [-0.15, -0.1) is 0 Å². The highest BCUT2D eigenvalue weighted by atomic mass is 19.1. The smallest absolute Gasteiger partial charge is 0.127 e. The monoisotopic (exact) mass is 261 g/mol. The Morgan fingerprint density at radius 2 is 2.32 bits per heavy atom. The number of benzene rings is 1. The van der Waals surface area contributed by atoms with E-state index in [1.54, 1.807) is 6.07 Å². The van der Waals surface area contributed by atoms with E-state index in [0.29, 0.717) is 36.1 Å². The number of halogens is 1. The first-order valence-corrected chi connectivity index (χ1v) is 6.75. The third kappa shape index (κ3) is 3.31. The van der Waals surface area contributed by atoms with Gasteiger partial charge in [0.25, 0.3) is 0 Å². The Bertz CT molecular complexity index is 481. The summed E-state index contributed by atoms with van der Waals surface area (Å²) in [6, 6.07) is 6.59. The van der Waals surface area contributed by atoms with Crippen LogP contribution in [0.3, 0.4) is 0 Å². The van der Waals surface area contributed by atoms with Gasteiger partial charge in [0.1, 0.15) is 5.82 Å². The molecule has 0 bridgehead atoms. The first-order chi connectivity index (χ1) is 9.13. The molecule has 0 amide bonds. The third-order valence-electron chi connectivity index (χ3n) is 4.07. The second-order valence-electron chi connectivity index (χ2n) is 5.41. The van der Waals surface area contributed by atoms with Crippen LogP contribution in [0.5, 0.6) is 0 Å². The van der Waals surface area contributed by atoms with Crippen molar-refractivity contribution >= 4 is 0 Å². The fraction of sp³-hybridized carbons (Fsp3) is 0.533. The van der Waals surface area contributed by atoms with Gasteiger partial charge in [0.05, 0.1) is 11.6 Å². The Hall–Kier alpha value is -1.44. The van der Waals surface area contributed by atoms with Crippen LogP contribution in [0.15, 0.2) is 18.2 Å². The van der Waals surface area contributed by atoms with Crippen LogP contribution in [-0.2, 0) is 6.54 Å². The van der Waals surface area contributed by atoms with Gasteiger partial charge in [-0.1, -0.05) is 6.92 Å². The Morgan fingerprint density at radius 1 is 1.53 bits per heavy atom. The zero-order valence-corrected chi connectivity index (χ0v) is 11.3. The summed E-state index contributed by atoms with van der Waals surface area (Å²) in [5.41, 5.74) is 6.89. The van der Waals surface area contributed by atoms with Crippen molar-refractivity contribution in [2.45, 2.75) is 19.9 Å². The molecule has 1 saturated heterocycles. The van der Waals surface area contributed by atoms with Gasteiger partial charge < -0.3 is 5.73 Å². The summed E-state index contributed by atoms with van der Waals surface area (Å²) in [6.45, 7) is 5.34. The molecule has 2 N–H and O–H groups in total. The molecule has 3 nitrogen and oxygen atoms in total. The van der Waals surface area contributed by atoms with Gasteiger partial charge in [-0.25, -0.2) is 4.39 Å². The van der Waals surface area contributed by atoms with Crippen LogP contribution < -0.4 is 5.73 Å². The maximum Gasteiger partial charge on any atom is 0.127 e. The second-order valence-corrected chi connectivity index (χ2v) is 5.41. The lowest BCUT2D eigenvalue weighted by atomic mass is 9.87. The molecule has 0 aliphatic carbocycles. The number of nitrogens with zero attached hydrogens (tertiary/aromatic N) is 2. The van der Waals surface area contributed by atoms with Crippen LogP contribution in [0.2, 0.25) is 0 Å². The lowest BCUT2D eigenvalue weighted by molar-refractivity contribution is 0.125. The van der Waals surface area contributed by atoms with Crippen molar-refractivity contribution in [1.82, 2.24) is 4.90 Å². The van der Waals surface area contributed by atoms with E-state index >= 15 is 0 Å². The van der Waals surface area contributed by atoms with Gasteiger partial charge in [-0.05, 0) is 49.5 Å². The largest absolute Gasteiger partial charge is 0.330 e. The van der Waals surface area contributed by atoms with E-state index in [2.05, 4.69) is 17.9 Å². The standard InChI is InChI=1S/C15H20FN3/c1-11-4-5-19(10-14(11)8-18)9-13-6-12(7-17)2-3-15(13)16/h2-3,6,11,14H,4-5,8-10,18H2,1H3. The molecule has 102 valence electrons. The summed E-state index contributed by atoms with van der Waals surface area (Å²) in [5, 5.41) is 8.87. The number of likely N-dealkylation sites (tertiary alicyclic amines) is 1. The average molecular weight is 261 g/mol. The number of piperidine rings is 1. The van der Waals surface area contributed by atoms with Gasteiger partial charge in [-0.3, -0.25) is 4.90 Å². The molecule has 0 radical (unpaired) electrons. The van der Waals surface area contributed by atoms with Crippen LogP contribution in [0.25, 0.3) is 0 Å². The van der Waals surface area contributed by atoms with E-state index < -0.39 is 0 Å². The molecule has 1 aliphatic rings. The van der Waals surface area contributed by atoms with E-state index in [-0.39, 0.29) is 5.82 Å². The van der Waals surface area contributed by atoms with Crippen LogP contribution >= 0.6 is 0 Å². The molecule has 0 spiro atoms. The molecular weight excluding hydrogens is 241 g/mol. The van der Waals surface area contributed by atoms with E-state index in [1.807, 2.05) is 0 Å². The van der Waals surface area contributed by atoms with E-state index in [4.69, 9.17) is 11.0 Å². The molecule has 1 aromatic carbocycles. The highest BCUT2D eigenvalue weighted by Gasteiger charge is 2.25. The molecule has 1 aliphatic heterocycles. The average Bonchev–Trinajstić information content (AvgIpc) is 2.43. The number of nitrogens with two attached hydrogens (primary N) is 1. The summed E-state index contributed by atoms with van der Waals surface area (Å²) in [6.07, 6.45) is 1.10. The van der Waals surface area contributed by atoms with Crippen molar-refractivity contribution in [3.63, 3.8) is 0 Å². The van der Waals surface area contributed by atoms with Crippen molar-refractivity contribution in [2.24, 2.45) is 17.6 Å². The summed E-state index contributed by atoms with van der Waals surface area (Å²) < 4.78 is 13.8. The number of hydrogen-bond acceptors (Lipinski definition) is 3. The Balaban J connectivity index is 2.07. The fourth-order valence-electron chi connectivity index (χ4n) is 2.68. The Labute approximate surface area is 113 Å². The van der Waals surface area contributed by atoms with Crippen LogP contribution in [0.1, 0.15) is 24.5 Å². The maximum atomic E-state index is 13.8. The molecular formula is C15H20FN3. The molecule has 4 heteroatoms. The van der Waals surface area contributed by atoms with Crippen molar-refractivity contribution < 1.29 is 4.39 Å². The van der Waals surface area contributed by atoms with Gasteiger partial charge >= 0.3 is 0 Å². The molecule has 0 saturated carbocycles. The minimum atomic E-state index is -0.234. The van der Waals surface area contributed by atoms with Crippen LogP contribution in [-0.4, -0.2) is 24.5 Å². The van der Waals surface area contributed by atoms with Crippen molar-refractivity contribution in [3.8, 4) is 6.07 Å². The Kier molecular flexibility index (Phi) is 4.52. The number of hydrogen-bond donors (Lipinski definition) is 1. The lowest BCUT2D eigenvalue weighted by Crippen LogP contribution is -2.42. The first kappa shape index (κ1) is 14.0. The predicted octanol–water partition coefficient (Wildman–Crippen LogP) is 2.11. The summed E-state index contributed by atoms with van der Waals surface area (Å²) >= 11 is 0. The van der Waals surface area contributed by atoms with E-state index in [0.717, 1.165) is 19.5 Å². The normalized spacial score (nSPS) is 24.1. The number of nitriles is 1. The molecule has 1 aromatic rings. The first-order valence-electron chi connectivity index (χ1n) is 6.75. The zero-order valence-electron chi connectivity index (χ0n) is 11.3. The third-order valence-corrected chi connectivity index (χ3v) is 4.07. The quantitative estimate of drug-likeness (QED) is 0.906. The SMILES string of the molecule is CC1CCN(Cc2cc(C#N)ccc2F)CC1CN. The Morgan fingerprint density at radius 3 is 3.00 bits per heavy atom. The van der Waals surface area contributed by atoms with Gasteiger partial charge in [-0.2, -0.15) is 5.26 Å². The highest BCUT2D eigenvalue weighted by Crippen LogP contribution is 2.24. The van der Waals surface area contributed by atoms with Gasteiger partial charge in [0.15, 0.2) is 0 Å². The van der Waals surface area contributed by atoms with E-state index in [9.17, 15) is 4.39 Å². The summed E-state index contributed by atoms with van der Waals surface area (Å²) in [5.74, 6) is 0.884. The van der Waals surface area contributed by atoms with Crippen molar-refractivity contribution in [1.29, 1.82) is 5.26 Å². The highest BCUT2D eigenvalue weighted by molar-refractivity contribution is 5.33. The molecule has 0 aromatic heterocycles. The summed E-state index contributed by atoms with van der Waals surface area (Å²) in [7, 11) is 0. The summed E-state index contributed by atoms with van der Waals surface area (Å²) in [4.78, 5) is 2.23. The molecule has 19 heavy (non-hydrogen) atoms. The minimum Gasteiger partial charge on any atom is -0.330 e. The second kappa shape index (κ2) is 6.14. The molecule has 2 atom stereocenters. The fourth-order valence-corrected chi connectivity index (χ4v) is 2.68. The minimum absolute atomic E-state index is 0.234. The van der Waals surface area contributed by atoms with E-state index in [1.165, 1.54) is 12.1 Å². The zero-order chi connectivity index (χ0) is 13.8. The lowest BCUT2D eigenvalue weighted by Gasteiger charge is -2.36. The molecule has 2 rings (SSSR count). The molecule has 2 unspecified atom stereocenters. The predicted molar refractivity (Wildman–Crippen MR) is 72.7 cm³/mol. The maximum absolute atomic E-state index is 13.8. The van der Waals surface area contributed by atoms with Gasteiger partial charge in [0.2, 0.25) is 0 Å². The van der Waals surface area contributed by atoms with Crippen molar-refractivity contribution in [3.05, 3.63) is 35.1 Å². The molecule has 1 heterocycles. The number of rotatable bonds is 3.